The van der Waals surface area contributed by atoms with E-state index in [2.05, 4.69) is 4.98 Å². The highest BCUT2D eigenvalue weighted by molar-refractivity contribution is 7.09. The van der Waals surface area contributed by atoms with Crippen molar-refractivity contribution in [2.24, 2.45) is 0 Å². The van der Waals surface area contributed by atoms with Crippen molar-refractivity contribution in [3.05, 3.63) is 16.1 Å². The van der Waals surface area contributed by atoms with Crippen molar-refractivity contribution in [3.8, 4) is 0 Å². The summed E-state index contributed by atoms with van der Waals surface area (Å²) in [5.74, 6) is 0.163. The van der Waals surface area contributed by atoms with E-state index in [4.69, 9.17) is 4.74 Å². The van der Waals surface area contributed by atoms with E-state index in [9.17, 15) is 4.79 Å². The molecule has 2 heterocycles. The van der Waals surface area contributed by atoms with Gasteiger partial charge in [-0.15, -0.1) is 11.3 Å². The van der Waals surface area contributed by atoms with E-state index in [-0.39, 0.29) is 11.9 Å². The number of hydrogen-bond acceptors (Lipinski definition) is 4. The van der Waals surface area contributed by atoms with Crippen LogP contribution in [-0.2, 0) is 16.0 Å². The zero-order valence-electron chi connectivity index (χ0n) is 8.86. The molecular formula is C11H15NO2S. The molecule has 82 valence electrons. The van der Waals surface area contributed by atoms with Crippen LogP contribution in [0.2, 0.25) is 0 Å². The Morgan fingerprint density at radius 1 is 1.67 bits per heavy atom. The maximum atomic E-state index is 10.9. The van der Waals surface area contributed by atoms with Gasteiger partial charge in [0.2, 0.25) is 0 Å². The van der Waals surface area contributed by atoms with Gasteiger partial charge in [0.1, 0.15) is 16.9 Å². The van der Waals surface area contributed by atoms with Crippen molar-refractivity contribution in [2.75, 3.05) is 6.61 Å². The highest BCUT2D eigenvalue weighted by Gasteiger charge is 2.19. The quantitative estimate of drug-likeness (QED) is 0.793. The third-order valence-electron chi connectivity index (χ3n) is 2.45. The molecule has 1 aromatic rings. The van der Waals surface area contributed by atoms with E-state index in [1.54, 1.807) is 18.3 Å². The highest BCUT2D eigenvalue weighted by Crippen LogP contribution is 2.29. The van der Waals surface area contributed by atoms with Gasteiger partial charge in [-0.25, -0.2) is 4.98 Å². The number of Topliss-reactive ketones (excluding diaryl/α,β-unsaturated/α-hetero) is 1. The molecule has 0 aliphatic carbocycles. The third kappa shape index (κ3) is 2.86. The zero-order chi connectivity index (χ0) is 10.7. The van der Waals surface area contributed by atoms with Crippen LogP contribution < -0.4 is 0 Å². The molecule has 0 aromatic carbocycles. The largest absolute Gasteiger partial charge is 0.371 e. The number of ketones is 1. The van der Waals surface area contributed by atoms with E-state index >= 15 is 0 Å². The number of hydrogen-bond donors (Lipinski definition) is 0. The normalized spacial score (nSPS) is 21.5. The molecule has 1 unspecified atom stereocenters. The number of rotatable bonds is 3. The number of thiazole rings is 1. The lowest BCUT2D eigenvalue weighted by molar-refractivity contribution is -0.116. The van der Waals surface area contributed by atoms with Gasteiger partial charge in [0.15, 0.2) is 0 Å². The molecular weight excluding hydrogens is 210 g/mol. The van der Waals surface area contributed by atoms with Crippen molar-refractivity contribution >= 4 is 17.1 Å². The van der Waals surface area contributed by atoms with Crippen LogP contribution in [0.15, 0.2) is 5.38 Å². The molecule has 1 saturated heterocycles. The molecule has 15 heavy (non-hydrogen) atoms. The van der Waals surface area contributed by atoms with Gasteiger partial charge < -0.3 is 4.74 Å². The summed E-state index contributed by atoms with van der Waals surface area (Å²) in [7, 11) is 0. The highest BCUT2D eigenvalue weighted by atomic mass is 32.1. The fraction of sp³-hybridized carbons (Fsp3) is 0.636. The topological polar surface area (TPSA) is 39.2 Å². The summed E-state index contributed by atoms with van der Waals surface area (Å²) in [5, 5.41) is 3.00. The minimum Gasteiger partial charge on any atom is -0.371 e. The van der Waals surface area contributed by atoms with Crippen molar-refractivity contribution in [1.29, 1.82) is 0 Å². The molecule has 1 atom stereocenters. The SMILES string of the molecule is CC(=O)Cc1csc(C2CCCCO2)n1. The van der Waals surface area contributed by atoms with Crippen molar-refractivity contribution in [3.63, 3.8) is 0 Å². The molecule has 0 N–H and O–H groups in total. The molecule has 2 rings (SSSR count). The Balaban J connectivity index is 2.02. The lowest BCUT2D eigenvalue weighted by Gasteiger charge is -2.20. The lowest BCUT2D eigenvalue weighted by atomic mass is 10.1. The molecule has 0 amide bonds. The molecule has 1 aliphatic rings. The molecule has 1 fully saturated rings. The maximum absolute atomic E-state index is 10.9. The van der Waals surface area contributed by atoms with Crippen LogP contribution in [0.3, 0.4) is 0 Å². The first kappa shape index (κ1) is 10.8. The van der Waals surface area contributed by atoms with Gasteiger partial charge in [0.05, 0.1) is 5.69 Å². The average Bonchev–Trinajstić information content (AvgIpc) is 2.67. The summed E-state index contributed by atoms with van der Waals surface area (Å²) in [6.07, 6.45) is 4.05. The maximum Gasteiger partial charge on any atom is 0.135 e. The van der Waals surface area contributed by atoms with Gasteiger partial charge in [-0.2, -0.15) is 0 Å². The van der Waals surface area contributed by atoms with Crippen LogP contribution in [0, 0.1) is 0 Å². The van der Waals surface area contributed by atoms with Crippen LogP contribution in [0.4, 0.5) is 0 Å². The zero-order valence-corrected chi connectivity index (χ0v) is 9.68. The average molecular weight is 225 g/mol. The van der Waals surface area contributed by atoms with Crippen molar-refractivity contribution in [2.45, 2.75) is 38.7 Å². The van der Waals surface area contributed by atoms with Crippen LogP contribution in [0.5, 0.6) is 0 Å². The first-order valence-electron chi connectivity index (χ1n) is 5.31. The Hall–Kier alpha value is -0.740. The summed E-state index contributed by atoms with van der Waals surface area (Å²) < 4.78 is 5.65. The van der Waals surface area contributed by atoms with Gasteiger partial charge in [-0.05, 0) is 26.2 Å². The van der Waals surface area contributed by atoms with Gasteiger partial charge >= 0.3 is 0 Å². The van der Waals surface area contributed by atoms with Gasteiger partial charge in [0.25, 0.3) is 0 Å². The molecule has 0 spiro atoms. The van der Waals surface area contributed by atoms with E-state index in [0.29, 0.717) is 6.42 Å². The Morgan fingerprint density at radius 2 is 2.53 bits per heavy atom. The second-order valence-electron chi connectivity index (χ2n) is 3.91. The Bertz CT molecular complexity index is 342. The first-order valence-corrected chi connectivity index (χ1v) is 6.19. The predicted molar refractivity (Wildman–Crippen MR) is 59.0 cm³/mol. The molecule has 4 heteroatoms. The van der Waals surface area contributed by atoms with E-state index in [1.165, 1.54) is 6.42 Å². The second kappa shape index (κ2) is 4.86. The molecule has 1 aromatic heterocycles. The van der Waals surface area contributed by atoms with Crippen LogP contribution in [0.25, 0.3) is 0 Å². The second-order valence-corrected chi connectivity index (χ2v) is 4.80. The predicted octanol–water partition coefficient (Wildman–Crippen LogP) is 2.52. The van der Waals surface area contributed by atoms with E-state index in [1.807, 2.05) is 5.38 Å². The van der Waals surface area contributed by atoms with Crippen LogP contribution in [-0.4, -0.2) is 17.4 Å². The molecule has 0 saturated carbocycles. The summed E-state index contributed by atoms with van der Waals surface area (Å²) >= 11 is 1.61. The molecule has 0 radical (unpaired) electrons. The van der Waals surface area contributed by atoms with Crippen LogP contribution in [0.1, 0.15) is 43.0 Å². The first-order chi connectivity index (χ1) is 7.25. The monoisotopic (exact) mass is 225 g/mol. The molecule has 1 aliphatic heterocycles. The minimum atomic E-state index is 0.163. The third-order valence-corrected chi connectivity index (χ3v) is 3.44. The number of nitrogens with zero attached hydrogens (tertiary/aromatic N) is 1. The van der Waals surface area contributed by atoms with Crippen molar-refractivity contribution < 1.29 is 9.53 Å². The van der Waals surface area contributed by atoms with Crippen LogP contribution >= 0.6 is 11.3 Å². The summed E-state index contributed by atoms with van der Waals surface area (Å²) in [6.45, 7) is 2.43. The fourth-order valence-electron chi connectivity index (χ4n) is 1.74. The van der Waals surface area contributed by atoms with Gasteiger partial charge in [-0.1, -0.05) is 0 Å². The standard InChI is InChI=1S/C11H15NO2S/c1-8(13)6-9-7-15-11(12-9)10-4-2-3-5-14-10/h7,10H,2-6H2,1H3. The number of carbonyl (C=O) groups excluding carboxylic acids is 1. The smallest absolute Gasteiger partial charge is 0.135 e. The Labute approximate surface area is 93.5 Å². The Morgan fingerprint density at radius 3 is 3.20 bits per heavy atom. The minimum absolute atomic E-state index is 0.163. The number of aromatic nitrogens is 1. The molecule has 3 nitrogen and oxygen atoms in total. The van der Waals surface area contributed by atoms with Gasteiger partial charge in [0, 0.05) is 18.4 Å². The summed E-state index contributed by atoms with van der Waals surface area (Å²) in [6, 6.07) is 0. The van der Waals surface area contributed by atoms with Crippen molar-refractivity contribution in [1.82, 2.24) is 4.98 Å². The number of ether oxygens (including phenoxy) is 1. The summed E-state index contributed by atoms with van der Waals surface area (Å²) in [4.78, 5) is 15.4. The molecule has 0 bridgehead atoms. The van der Waals surface area contributed by atoms with Gasteiger partial charge in [-0.3, -0.25) is 4.79 Å². The van der Waals surface area contributed by atoms with E-state index in [0.717, 1.165) is 30.2 Å². The fourth-order valence-corrected chi connectivity index (χ4v) is 2.64. The lowest BCUT2D eigenvalue weighted by Crippen LogP contribution is -2.11. The summed E-state index contributed by atoms with van der Waals surface area (Å²) in [5.41, 5.74) is 0.886. The van der Waals surface area contributed by atoms with E-state index < -0.39 is 0 Å². The number of carbonyl (C=O) groups is 1. The Kier molecular flexibility index (Phi) is 3.49.